The van der Waals surface area contributed by atoms with Crippen LogP contribution in [0.4, 0.5) is 11.4 Å². The first-order chi connectivity index (χ1) is 10.3. The van der Waals surface area contributed by atoms with Crippen molar-refractivity contribution in [3.05, 3.63) is 67.2 Å². The average molecular weight is 339 g/mol. The first kappa shape index (κ1) is 16.3. The van der Waals surface area contributed by atoms with Gasteiger partial charge in [0, 0.05) is 11.1 Å². The van der Waals surface area contributed by atoms with E-state index in [4.69, 9.17) is 23.2 Å². The quantitative estimate of drug-likeness (QED) is 0.647. The topological polar surface area (TPSA) is 72.2 Å². The summed E-state index contributed by atoms with van der Waals surface area (Å²) in [6.07, 6.45) is 0. The summed E-state index contributed by atoms with van der Waals surface area (Å²) >= 11 is 11.8. The van der Waals surface area contributed by atoms with Crippen LogP contribution in [0.25, 0.3) is 0 Å². The minimum absolute atomic E-state index is 0.157. The van der Waals surface area contributed by atoms with Crippen LogP contribution in [-0.4, -0.2) is 10.8 Å². The second-order valence-corrected chi connectivity index (χ2v) is 5.65. The number of carbonyl (C=O) groups is 1. The molecular weight excluding hydrogens is 327 g/mol. The molecule has 0 aromatic heterocycles. The molecule has 2 aromatic rings. The van der Waals surface area contributed by atoms with E-state index in [-0.39, 0.29) is 22.0 Å². The van der Waals surface area contributed by atoms with Crippen molar-refractivity contribution in [1.29, 1.82) is 0 Å². The van der Waals surface area contributed by atoms with Crippen LogP contribution in [0.3, 0.4) is 0 Å². The van der Waals surface area contributed by atoms with Crippen molar-refractivity contribution < 1.29 is 9.72 Å². The molecule has 0 unspecified atom stereocenters. The number of anilines is 1. The number of halogens is 2. The fraction of sp³-hybridized carbons (Fsp3) is 0.133. The predicted molar refractivity (Wildman–Crippen MR) is 87.0 cm³/mol. The van der Waals surface area contributed by atoms with Crippen LogP contribution >= 0.6 is 23.2 Å². The Morgan fingerprint density at radius 3 is 2.45 bits per heavy atom. The third kappa shape index (κ3) is 3.37. The number of nitrogens with zero attached hydrogens (tertiary/aromatic N) is 1. The smallest absolute Gasteiger partial charge is 0.293 e. The number of aryl methyl sites for hydroxylation is 2. The fourth-order valence-electron chi connectivity index (χ4n) is 2.11. The van der Waals surface area contributed by atoms with Gasteiger partial charge in [0.25, 0.3) is 11.6 Å². The van der Waals surface area contributed by atoms with Gasteiger partial charge in [-0.2, -0.15) is 0 Å². The van der Waals surface area contributed by atoms with Gasteiger partial charge in [0.05, 0.1) is 15.5 Å². The van der Waals surface area contributed by atoms with E-state index in [0.29, 0.717) is 10.6 Å². The van der Waals surface area contributed by atoms with Gasteiger partial charge >= 0.3 is 0 Å². The van der Waals surface area contributed by atoms with Gasteiger partial charge in [-0.1, -0.05) is 29.3 Å². The molecule has 2 rings (SSSR count). The molecule has 0 fully saturated rings. The monoisotopic (exact) mass is 338 g/mol. The van der Waals surface area contributed by atoms with Crippen LogP contribution in [0, 0.1) is 24.0 Å². The van der Waals surface area contributed by atoms with Crippen molar-refractivity contribution in [1.82, 2.24) is 0 Å². The predicted octanol–water partition coefficient (Wildman–Crippen LogP) is 4.77. The van der Waals surface area contributed by atoms with Crippen molar-refractivity contribution >= 4 is 40.5 Å². The summed E-state index contributed by atoms with van der Waals surface area (Å²) in [7, 11) is 0. The third-order valence-corrected chi connectivity index (χ3v) is 3.62. The molecule has 0 aliphatic carbocycles. The van der Waals surface area contributed by atoms with Crippen LogP contribution in [0.5, 0.6) is 0 Å². The number of nitrogens with one attached hydrogen (secondary N) is 1. The highest BCUT2D eigenvalue weighted by Crippen LogP contribution is 2.31. The lowest BCUT2D eigenvalue weighted by atomic mass is 10.1. The number of nitro groups is 1. The van der Waals surface area contributed by atoms with Gasteiger partial charge in [-0.05, 0) is 43.2 Å². The minimum atomic E-state index is -0.531. The lowest BCUT2D eigenvalue weighted by molar-refractivity contribution is -0.384. The second kappa shape index (κ2) is 6.34. The average Bonchev–Trinajstić information content (AvgIpc) is 2.40. The lowest BCUT2D eigenvalue weighted by Crippen LogP contribution is -2.14. The molecule has 1 amide bonds. The summed E-state index contributed by atoms with van der Waals surface area (Å²) in [6.45, 7) is 3.45. The van der Waals surface area contributed by atoms with E-state index < -0.39 is 10.8 Å². The highest BCUT2D eigenvalue weighted by atomic mass is 35.5. The molecule has 0 saturated carbocycles. The van der Waals surface area contributed by atoms with E-state index in [1.807, 2.05) is 0 Å². The van der Waals surface area contributed by atoms with Gasteiger partial charge in [0.2, 0.25) is 0 Å². The van der Waals surface area contributed by atoms with Crippen LogP contribution in [0.2, 0.25) is 10.0 Å². The summed E-state index contributed by atoms with van der Waals surface area (Å²) in [5.41, 5.74) is 1.54. The highest BCUT2D eigenvalue weighted by Gasteiger charge is 2.20. The standard InChI is InChI=1S/C15H12Cl2N2O3/c1-8-5-9(2)14(13(6-8)19(21)22)18-15(20)11-4-3-10(16)7-12(11)17/h3-7H,1-2H3,(H,18,20). The maximum atomic E-state index is 12.3. The Balaban J connectivity index is 2.42. The molecule has 7 heteroatoms. The zero-order valence-electron chi connectivity index (χ0n) is 11.8. The molecule has 1 N–H and O–H groups in total. The molecule has 114 valence electrons. The summed E-state index contributed by atoms with van der Waals surface area (Å²) < 4.78 is 0. The van der Waals surface area contributed by atoms with Crippen LogP contribution in [0.1, 0.15) is 21.5 Å². The Morgan fingerprint density at radius 2 is 1.86 bits per heavy atom. The SMILES string of the molecule is Cc1cc(C)c(NC(=O)c2ccc(Cl)cc2Cl)c([N+](=O)[O-])c1. The van der Waals surface area contributed by atoms with Crippen molar-refractivity contribution in [2.75, 3.05) is 5.32 Å². The Kier molecular flexibility index (Phi) is 4.68. The number of nitro benzene ring substituents is 1. The second-order valence-electron chi connectivity index (χ2n) is 4.81. The molecule has 22 heavy (non-hydrogen) atoms. The number of amides is 1. The van der Waals surface area contributed by atoms with Crippen LogP contribution in [-0.2, 0) is 0 Å². The van der Waals surface area contributed by atoms with E-state index in [1.165, 1.54) is 24.3 Å². The molecular formula is C15H12Cl2N2O3. The molecule has 2 aromatic carbocycles. The summed E-state index contributed by atoms with van der Waals surface area (Å²) in [5.74, 6) is -0.531. The first-order valence-corrected chi connectivity index (χ1v) is 7.07. The largest absolute Gasteiger partial charge is 0.316 e. The Morgan fingerprint density at radius 1 is 1.18 bits per heavy atom. The third-order valence-electron chi connectivity index (χ3n) is 3.07. The van der Waals surface area contributed by atoms with Crippen molar-refractivity contribution in [3.63, 3.8) is 0 Å². The zero-order valence-corrected chi connectivity index (χ0v) is 13.3. The lowest BCUT2D eigenvalue weighted by Gasteiger charge is -2.11. The van der Waals surface area contributed by atoms with Crippen LogP contribution < -0.4 is 5.32 Å². The summed E-state index contributed by atoms with van der Waals surface area (Å²) in [6, 6.07) is 7.60. The van der Waals surface area contributed by atoms with Crippen molar-refractivity contribution in [2.45, 2.75) is 13.8 Å². The number of hydrogen-bond donors (Lipinski definition) is 1. The van der Waals surface area contributed by atoms with E-state index in [2.05, 4.69) is 5.32 Å². The summed E-state index contributed by atoms with van der Waals surface area (Å²) in [4.78, 5) is 22.9. The van der Waals surface area contributed by atoms with E-state index in [9.17, 15) is 14.9 Å². The Bertz CT molecular complexity index is 776. The molecule has 0 aliphatic heterocycles. The molecule has 0 spiro atoms. The normalized spacial score (nSPS) is 10.4. The van der Waals surface area contributed by atoms with E-state index >= 15 is 0 Å². The maximum Gasteiger partial charge on any atom is 0.293 e. The van der Waals surface area contributed by atoms with E-state index in [1.54, 1.807) is 19.9 Å². The van der Waals surface area contributed by atoms with Gasteiger partial charge in [-0.25, -0.2) is 0 Å². The molecule has 0 radical (unpaired) electrons. The molecule has 0 heterocycles. The van der Waals surface area contributed by atoms with Crippen molar-refractivity contribution in [2.24, 2.45) is 0 Å². The fourth-order valence-corrected chi connectivity index (χ4v) is 2.60. The number of benzene rings is 2. The van der Waals surface area contributed by atoms with Gasteiger partial charge in [0.15, 0.2) is 0 Å². The number of carbonyl (C=O) groups excluding carboxylic acids is 1. The number of hydrogen-bond acceptors (Lipinski definition) is 3. The molecule has 0 atom stereocenters. The van der Waals surface area contributed by atoms with Gasteiger partial charge in [0.1, 0.15) is 5.69 Å². The van der Waals surface area contributed by atoms with Gasteiger partial charge < -0.3 is 5.32 Å². The van der Waals surface area contributed by atoms with Gasteiger partial charge in [-0.3, -0.25) is 14.9 Å². The molecule has 0 saturated heterocycles. The van der Waals surface area contributed by atoms with Gasteiger partial charge in [-0.15, -0.1) is 0 Å². The van der Waals surface area contributed by atoms with Crippen molar-refractivity contribution in [3.8, 4) is 0 Å². The highest BCUT2D eigenvalue weighted by molar-refractivity contribution is 6.37. The molecule has 0 aliphatic rings. The minimum Gasteiger partial charge on any atom is -0.316 e. The zero-order chi connectivity index (χ0) is 16.4. The maximum absolute atomic E-state index is 12.3. The Labute approximate surface area is 137 Å². The number of rotatable bonds is 3. The van der Waals surface area contributed by atoms with E-state index in [0.717, 1.165) is 5.56 Å². The molecule has 5 nitrogen and oxygen atoms in total. The molecule has 0 bridgehead atoms. The first-order valence-electron chi connectivity index (χ1n) is 6.31. The Hall–Kier alpha value is -2.11. The van der Waals surface area contributed by atoms with Crippen LogP contribution in [0.15, 0.2) is 30.3 Å². The summed E-state index contributed by atoms with van der Waals surface area (Å²) in [5, 5.41) is 14.3.